The summed E-state index contributed by atoms with van der Waals surface area (Å²) in [6.07, 6.45) is 2.22. The second kappa shape index (κ2) is 7.61. The van der Waals surface area contributed by atoms with E-state index in [0.29, 0.717) is 22.6 Å². The van der Waals surface area contributed by atoms with Crippen molar-refractivity contribution in [2.75, 3.05) is 6.61 Å². The van der Waals surface area contributed by atoms with Crippen LogP contribution in [-0.4, -0.2) is 22.1 Å². The van der Waals surface area contributed by atoms with E-state index >= 15 is 0 Å². The Morgan fingerprint density at radius 3 is 2.52 bits per heavy atom. The first kappa shape index (κ1) is 17.7. The van der Waals surface area contributed by atoms with Gasteiger partial charge in [-0.25, -0.2) is 0 Å². The molecule has 0 saturated heterocycles. The SMILES string of the molecule is Cl.Cn1cc(C(=O)c2ccc(Cl)cc2)cc1C(N)CCO. The van der Waals surface area contributed by atoms with Crippen molar-refractivity contribution in [3.8, 4) is 0 Å². The predicted octanol–water partition coefficient (Wildman–Crippen LogP) is 2.71. The van der Waals surface area contributed by atoms with E-state index in [9.17, 15) is 4.79 Å². The van der Waals surface area contributed by atoms with Gasteiger partial charge < -0.3 is 15.4 Å². The summed E-state index contributed by atoms with van der Waals surface area (Å²) >= 11 is 5.81. The average molecular weight is 329 g/mol. The van der Waals surface area contributed by atoms with Crippen LogP contribution < -0.4 is 5.73 Å². The van der Waals surface area contributed by atoms with Gasteiger partial charge in [-0.3, -0.25) is 4.79 Å². The minimum Gasteiger partial charge on any atom is -0.396 e. The molecule has 3 N–H and O–H groups in total. The molecule has 0 amide bonds. The molecule has 0 bridgehead atoms. The second-order valence-corrected chi connectivity index (χ2v) is 5.16. The van der Waals surface area contributed by atoms with Gasteiger partial charge >= 0.3 is 0 Å². The molecule has 0 radical (unpaired) electrons. The lowest BCUT2D eigenvalue weighted by atomic mass is 10.0. The third-order valence-corrected chi connectivity index (χ3v) is 3.48. The zero-order chi connectivity index (χ0) is 14.7. The summed E-state index contributed by atoms with van der Waals surface area (Å²) in [5.74, 6) is -0.0697. The normalized spacial score (nSPS) is 11.8. The quantitative estimate of drug-likeness (QED) is 0.829. The fraction of sp³-hybridized carbons (Fsp3) is 0.267. The molecular formula is C15H18Cl2N2O2. The summed E-state index contributed by atoms with van der Waals surface area (Å²) in [4.78, 5) is 12.4. The van der Waals surface area contributed by atoms with Gasteiger partial charge in [0.05, 0.1) is 0 Å². The van der Waals surface area contributed by atoms with E-state index in [1.807, 2.05) is 11.6 Å². The molecule has 0 aliphatic rings. The van der Waals surface area contributed by atoms with Crippen LogP contribution in [0.15, 0.2) is 36.5 Å². The third-order valence-electron chi connectivity index (χ3n) is 3.23. The van der Waals surface area contributed by atoms with Crippen molar-refractivity contribution in [1.29, 1.82) is 0 Å². The first-order valence-corrected chi connectivity index (χ1v) is 6.73. The van der Waals surface area contributed by atoms with Crippen molar-refractivity contribution in [1.82, 2.24) is 4.57 Å². The van der Waals surface area contributed by atoms with Crippen LogP contribution in [0.5, 0.6) is 0 Å². The molecule has 0 aliphatic carbocycles. The highest BCUT2D eigenvalue weighted by molar-refractivity contribution is 6.30. The number of aliphatic hydroxyl groups excluding tert-OH is 1. The minimum absolute atomic E-state index is 0. The number of ketones is 1. The molecular weight excluding hydrogens is 311 g/mol. The maximum atomic E-state index is 12.4. The van der Waals surface area contributed by atoms with Crippen molar-refractivity contribution in [2.24, 2.45) is 12.8 Å². The number of aliphatic hydroxyl groups is 1. The van der Waals surface area contributed by atoms with Crippen LogP contribution in [0.25, 0.3) is 0 Å². The Hall–Kier alpha value is -1.33. The van der Waals surface area contributed by atoms with Gasteiger partial charge in [0.1, 0.15) is 0 Å². The molecule has 4 nitrogen and oxygen atoms in total. The fourth-order valence-corrected chi connectivity index (χ4v) is 2.26. The second-order valence-electron chi connectivity index (χ2n) is 4.72. The lowest BCUT2D eigenvalue weighted by Gasteiger charge is -2.10. The van der Waals surface area contributed by atoms with Crippen molar-refractivity contribution in [3.05, 3.63) is 58.4 Å². The molecule has 0 spiro atoms. The smallest absolute Gasteiger partial charge is 0.194 e. The molecule has 114 valence electrons. The molecule has 2 rings (SSSR count). The highest BCUT2D eigenvalue weighted by atomic mass is 35.5. The number of benzene rings is 1. The lowest BCUT2D eigenvalue weighted by Crippen LogP contribution is -2.15. The number of carbonyl (C=O) groups is 1. The number of hydrogen-bond donors (Lipinski definition) is 2. The van der Waals surface area contributed by atoms with E-state index in [1.54, 1.807) is 36.5 Å². The van der Waals surface area contributed by atoms with Gasteiger partial charge in [-0.1, -0.05) is 11.6 Å². The predicted molar refractivity (Wildman–Crippen MR) is 86.2 cm³/mol. The van der Waals surface area contributed by atoms with E-state index in [0.717, 1.165) is 5.69 Å². The summed E-state index contributed by atoms with van der Waals surface area (Å²) in [5.41, 5.74) is 7.97. The maximum Gasteiger partial charge on any atom is 0.194 e. The number of rotatable bonds is 5. The summed E-state index contributed by atoms with van der Waals surface area (Å²) in [6.45, 7) is 0.0206. The summed E-state index contributed by atoms with van der Waals surface area (Å²) in [6, 6.07) is 8.27. The standard InChI is InChI=1S/C15H17ClN2O2.ClH/c1-18-9-11(8-14(18)13(17)6-7-19)15(20)10-2-4-12(16)5-3-10;/h2-5,8-9,13,19H,6-7,17H2,1H3;1H. The highest BCUT2D eigenvalue weighted by Gasteiger charge is 2.16. The van der Waals surface area contributed by atoms with Crippen molar-refractivity contribution in [2.45, 2.75) is 12.5 Å². The van der Waals surface area contributed by atoms with Gasteiger partial charge in [-0.15, -0.1) is 12.4 Å². The van der Waals surface area contributed by atoms with Gasteiger partial charge in [-0.05, 0) is 36.8 Å². The molecule has 1 atom stereocenters. The van der Waals surface area contributed by atoms with E-state index in [1.165, 1.54) is 0 Å². The summed E-state index contributed by atoms with van der Waals surface area (Å²) < 4.78 is 1.82. The summed E-state index contributed by atoms with van der Waals surface area (Å²) in [7, 11) is 1.84. The Labute approximate surface area is 134 Å². The molecule has 21 heavy (non-hydrogen) atoms. The van der Waals surface area contributed by atoms with Crippen LogP contribution in [0.2, 0.25) is 5.02 Å². The van der Waals surface area contributed by atoms with Crippen LogP contribution in [0.3, 0.4) is 0 Å². The van der Waals surface area contributed by atoms with Gasteiger partial charge in [0.25, 0.3) is 0 Å². The molecule has 0 fully saturated rings. The topological polar surface area (TPSA) is 68.2 Å². The van der Waals surface area contributed by atoms with E-state index < -0.39 is 0 Å². The van der Waals surface area contributed by atoms with Crippen LogP contribution in [0.1, 0.15) is 34.1 Å². The van der Waals surface area contributed by atoms with Crippen molar-refractivity contribution < 1.29 is 9.90 Å². The molecule has 0 aliphatic heterocycles. The Kier molecular flexibility index (Phi) is 6.42. The molecule has 1 heterocycles. The minimum atomic E-state index is -0.281. The molecule has 1 aromatic heterocycles. The monoisotopic (exact) mass is 328 g/mol. The number of hydrogen-bond acceptors (Lipinski definition) is 3. The van der Waals surface area contributed by atoms with E-state index in [2.05, 4.69) is 0 Å². The zero-order valence-corrected chi connectivity index (χ0v) is 13.2. The Bertz CT molecular complexity index is 609. The number of carbonyl (C=O) groups excluding carboxylic acids is 1. The van der Waals surface area contributed by atoms with E-state index in [-0.39, 0.29) is 30.8 Å². The Balaban J connectivity index is 0.00000220. The number of halogens is 2. The van der Waals surface area contributed by atoms with Gasteiger partial charge in [-0.2, -0.15) is 0 Å². The Morgan fingerprint density at radius 1 is 1.33 bits per heavy atom. The van der Waals surface area contributed by atoms with Crippen LogP contribution in [0.4, 0.5) is 0 Å². The molecule has 2 aromatic rings. The lowest BCUT2D eigenvalue weighted by molar-refractivity contribution is 0.103. The van der Waals surface area contributed by atoms with Gasteiger partial charge in [0.15, 0.2) is 5.78 Å². The molecule has 1 unspecified atom stereocenters. The number of aryl methyl sites for hydroxylation is 1. The van der Waals surface area contributed by atoms with Gasteiger partial charge in [0.2, 0.25) is 0 Å². The summed E-state index contributed by atoms with van der Waals surface area (Å²) in [5, 5.41) is 9.54. The van der Waals surface area contributed by atoms with Crippen LogP contribution in [-0.2, 0) is 7.05 Å². The number of nitrogens with two attached hydrogens (primary N) is 1. The molecule has 6 heteroatoms. The van der Waals surface area contributed by atoms with Crippen molar-refractivity contribution in [3.63, 3.8) is 0 Å². The zero-order valence-electron chi connectivity index (χ0n) is 11.6. The number of aromatic nitrogens is 1. The maximum absolute atomic E-state index is 12.4. The largest absolute Gasteiger partial charge is 0.396 e. The van der Waals surface area contributed by atoms with E-state index in [4.69, 9.17) is 22.4 Å². The highest BCUT2D eigenvalue weighted by Crippen LogP contribution is 2.20. The number of nitrogens with zero attached hydrogens (tertiary/aromatic N) is 1. The molecule has 0 saturated carbocycles. The third kappa shape index (κ3) is 4.08. The first-order valence-electron chi connectivity index (χ1n) is 6.36. The van der Waals surface area contributed by atoms with Crippen molar-refractivity contribution >= 4 is 29.8 Å². The molecule has 1 aromatic carbocycles. The van der Waals surface area contributed by atoms with Gasteiger partial charge in [0, 0.05) is 47.7 Å². The average Bonchev–Trinajstić information content (AvgIpc) is 2.81. The Morgan fingerprint density at radius 2 is 1.95 bits per heavy atom. The first-order chi connectivity index (χ1) is 9.52. The van der Waals surface area contributed by atoms with Crippen LogP contribution >= 0.6 is 24.0 Å². The fourth-order valence-electron chi connectivity index (χ4n) is 2.13. The van der Waals surface area contributed by atoms with Crippen LogP contribution in [0, 0.1) is 0 Å².